The van der Waals surface area contributed by atoms with Crippen LogP contribution in [0.25, 0.3) is 0 Å². The first-order valence-corrected chi connectivity index (χ1v) is 22.3. The van der Waals surface area contributed by atoms with Crippen LogP contribution >= 0.6 is 0 Å². The molecule has 1 aromatic rings. The first kappa shape index (κ1) is 69.5. The summed E-state index contributed by atoms with van der Waals surface area (Å²) < 4.78 is 0. The van der Waals surface area contributed by atoms with Crippen LogP contribution in [-0.2, 0) is 0 Å². The van der Waals surface area contributed by atoms with Crippen molar-refractivity contribution in [3.05, 3.63) is 94.8 Å². The zero-order valence-corrected chi connectivity index (χ0v) is 42.1. The number of nitrogens with zero attached hydrogens (tertiary/aromatic N) is 2. The van der Waals surface area contributed by atoms with Gasteiger partial charge in [-0.2, -0.15) is 0 Å². The van der Waals surface area contributed by atoms with Crippen LogP contribution in [0.3, 0.4) is 0 Å². The third-order valence-corrected chi connectivity index (χ3v) is 7.18. The molecule has 0 radical (unpaired) electrons. The van der Waals surface area contributed by atoms with E-state index in [-0.39, 0.29) is 0 Å². The molecule has 0 spiro atoms. The van der Waals surface area contributed by atoms with Crippen molar-refractivity contribution in [3.63, 3.8) is 0 Å². The average Bonchev–Trinajstić information content (AvgIpc) is 3.19. The lowest BCUT2D eigenvalue weighted by Crippen LogP contribution is -2.30. The van der Waals surface area contributed by atoms with Gasteiger partial charge in [-0.3, -0.25) is 4.99 Å². The van der Waals surface area contributed by atoms with E-state index in [1.165, 1.54) is 79.5 Å². The fourth-order valence-corrected chi connectivity index (χ4v) is 4.60. The van der Waals surface area contributed by atoms with Crippen LogP contribution in [0.4, 0.5) is 0 Å². The molecule has 0 bridgehead atoms. The van der Waals surface area contributed by atoms with E-state index in [1.807, 2.05) is 134 Å². The van der Waals surface area contributed by atoms with Crippen molar-refractivity contribution in [3.8, 4) is 0 Å². The highest BCUT2D eigenvalue weighted by molar-refractivity contribution is 5.93. The summed E-state index contributed by atoms with van der Waals surface area (Å²) in [5, 5.41) is 0. The van der Waals surface area contributed by atoms with E-state index in [2.05, 4.69) is 110 Å². The number of aliphatic imine (C=N–C) groups is 1. The summed E-state index contributed by atoms with van der Waals surface area (Å²) in [5.74, 6) is 1.61. The lowest BCUT2D eigenvalue weighted by molar-refractivity contribution is 0.236. The first-order valence-electron chi connectivity index (χ1n) is 22.3. The monoisotopic (exact) mass is 757 g/mol. The average molecular weight is 757 g/mol. The minimum atomic E-state index is 0.720. The van der Waals surface area contributed by atoms with Crippen LogP contribution in [0.5, 0.6) is 0 Å². The van der Waals surface area contributed by atoms with Crippen LogP contribution in [0, 0.1) is 32.6 Å². The second-order valence-corrected chi connectivity index (χ2v) is 12.1. The molecule has 2 nitrogen and oxygen atoms in total. The molecular formula is C52H104N2. The van der Waals surface area contributed by atoms with Gasteiger partial charge in [0.1, 0.15) is 0 Å². The summed E-state index contributed by atoms with van der Waals surface area (Å²) >= 11 is 0. The van der Waals surface area contributed by atoms with E-state index in [0.29, 0.717) is 0 Å². The van der Waals surface area contributed by atoms with Gasteiger partial charge in [-0.15, -0.1) is 0 Å². The maximum absolute atomic E-state index is 4.08. The van der Waals surface area contributed by atoms with Crippen molar-refractivity contribution in [2.75, 3.05) is 20.1 Å². The molecule has 0 aliphatic heterocycles. The first-order chi connectivity index (χ1) is 25.9. The minimum Gasteiger partial charge on any atom is -0.305 e. The standard InChI is InChI=1S/C18H33N.C9H12.C8H13N.C4H8.C3H8.5C2H6/c1-6-8-17(9-7-2)13-19(5)14-18-11-10-15(3)16(4)12-18;1-7-4-5-8(2)9(3)6-7;1-4-6-8(3)9-7-5-2;1-3-4-2;1-3-2;5*1-2/h10,12,17-18H,6-9,11,13-14H2,1-5H3;4-6H,1-3H3;4-7H,1-3H3;3-4H,1-2H3;3H2,1-2H3;5*1-2H3/b;;6-4+,7-5-,9-8+;4-3-;;;;;;. The summed E-state index contributed by atoms with van der Waals surface area (Å²) in [6.07, 6.45) is 24.4. The highest BCUT2D eigenvalue weighted by Gasteiger charge is 2.15. The number of benzene rings is 1. The Kier molecular flexibility index (Phi) is 80.4. The molecule has 0 saturated heterocycles. The Balaban J connectivity index is -0.0000000856. The zero-order chi connectivity index (χ0) is 44.3. The third-order valence-electron chi connectivity index (χ3n) is 7.18. The SMILES string of the molecule is C/C=C\C.CC.CC.CC.CC.CC.CCC.CCCC(CCC)CN(C)CC1C=C(C)C(C)=CC1.C\C=C/N=C(C)/C=C/C.Cc1ccc(C)c(C)c1. The second-order valence-electron chi connectivity index (χ2n) is 12.1. The molecule has 1 aliphatic rings. The van der Waals surface area contributed by atoms with Crippen molar-refractivity contribution in [1.29, 1.82) is 0 Å². The van der Waals surface area contributed by atoms with Crippen molar-refractivity contribution in [1.82, 2.24) is 4.90 Å². The van der Waals surface area contributed by atoms with Crippen LogP contribution in [0.15, 0.2) is 83.1 Å². The van der Waals surface area contributed by atoms with Gasteiger partial charge < -0.3 is 4.90 Å². The fourth-order valence-electron chi connectivity index (χ4n) is 4.60. The molecule has 2 heteroatoms. The summed E-state index contributed by atoms with van der Waals surface area (Å²) in [7, 11) is 2.30. The number of aryl methyl sites for hydroxylation is 3. The molecule has 322 valence electrons. The number of allylic oxidation sites excluding steroid dienone is 8. The minimum absolute atomic E-state index is 0.720. The van der Waals surface area contributed by atoms with Gasteiger partial charge in [0, 0.05) is 25.0 Å². The van der Waals surface area contributed by atoms with Crippen LogP contribution in [0.2, 0.25) is 0 Å². The molecule has 54 heavy (non-hydrogen) atoms. The van der Waals surface area contributed by atoms with Crippen LogP contribution in [0.1, 0.15) is 201 Å². The second kappa shape index (κ2) is 62.5. The molecule has 1 aromatic carbocycles. The summed E-state index contributed by atoms with van der Waals surface area (Å²) in [4.78, 5) is 6.64. The summed E-state index contributed by atoms with van der Waals surface area (Å²) in [5.41, 5.74) is 8.08. The molecule has 1 atom stereocenters. The molecule has 0 fully saturated rings. The molecule has 1 aliphatic carbocycles. The van der Waals surface area contributed by atoms with E-state index < -0.39 is 0 Å². The molecule has 0 N–H and O–H groups in total. The van der Waals surface area contributed by atoms with Gasteiger partial charge in [-0.1, -0.05) is 188 Å². The zero-order valence-electron chi connectivity index (χ0n) is 42.1. The number of hydrogen-bond donors (Lipinski definition) is 0. The van der Waals surface area contributed by atoms with Gasteiger partial charge in [-0.05, 0) is 125 Å². The van der Waals surface area contributed by atoms with Crippen molar-refractivity contribution in [2.24, 2.45) is 16.8 Å². The molecule has 2 rings (SSSR count). The maximum atomic E-state index is 4.08. The van der Waals surface area contributed by atoms with Crippen LogP contribution < -0.4 is 0 Å². The van der Waals surface area contributed by atoms with Crippen molar-refractivity contribution >= 4 is 5.71 Å². The van der Waals surface area contributed by atoms with E-state index in [0.717, 1.165) is 17.5 Å². The number of rotatable bonds is 10. The highest BCUT2D eigenvalue weighted by Crippen LogP contribution is 2.23. The summed E-state index contributed by atoms with van der Waals surface area (Å²) in [6.45, 7) is 52.1. The van der Waals surface area contributed by atoms with Crippen LogP contribution in [-0.4, -0.2) is 30.7 Å². The van der Waals surface area contributed by atoms with E-state index in [9.17, 15) is 0 Å². The van der Waals surface area contributed by atoms with Gasteiger partial charge in [0.2, 0.25) is 0 Å². The predicted octanol–water partition coefficient (Wildman–Crippen LogP) is 18.3. The summed E-state index contributed by atoms with van der Waals surface area (Å²) in [6, 6.07) is 6.50. The molecule has 0 heterocycles. The largest absolute Gasteiger partial charge is 0.305 e. The van der Waals surface area contributed by atoms with E-state index in [1.54, 1.807) is 6.20 Å². The Morgan fingerprint density at radius 3 is 1.50 bits per heavy atom. The van der Waals surface area contributed by atoms with Gasteiger partial charge >= 0.3 is 0 Å². The topological polar surface area (TPSA) is 15.6 Å². The van der Waals surface area contributed by atoms with Gasteiger partial charge in [-0.25, -0.2) is 0 Å². The van der Waals surface area contributed by atoms with Crippen molar-refractivity contribution < 1.29 is 0 Å². The van der Waals surface area contributed by atoms with Gasteiger partial charge in [0.15, 0.2) is 0 Å². The Labute approximate surface area is 345 Å². The molecule has 0 saturated carbocycles. The normalized spacial score (nSPS) is 12.5. The Bertz CT molecular complexity index is 978. The predicted molar refractivity (Wildman–Crippen MR) is 263 cm³/mol. The molecule has 0 amide bonds. The van der Waals surface area contributed by atoms with E-state index in [4.69, 9.17) is 0 Å². The highest BCUT2D eigenvalue weighted by atomic mass is 15.1. The van der Waals surface area contributed by atoms with Gasteiger partial charge in [0.25, 0.3) is 0 Å². The lowest BCUT2D eigenvalue weighted by Gasteiger charge is -2.28. The Morgan fingerprint density at radius 2 is 1.17 bits per heavy atom. The quantitative estimate of drug-likeness (QED) is 0.171. The third kappa shape index (κ3) is 56.3. The lowest BCUT2D eigenvalue weighted by atomic mass is 9.91. The van der Waals surface area contributed by atoms with Gasteiger partial charge in [0.05, 0.1) is 0 Å². The fraction of sp³-hybridized carbons (Fsp3) is 0.673. The maximum Gasteiger partial charge on any atom is 0.0369 e. The molecule has 1 unspecified atom stereocenters. The molecular weight excluding hydrogens is 653 g/mol. The smallest absolute Gasteiger partial charge is 0.0369 e. The number of hydrogen-bond acceptors (Lipinski definition) is 2. The van der Waals surface area contributed by atoms with E-state index >= 15 is 0 Å². The molecule has 0 aromatic heterocycles. The van der Waals surface area contributed by atoms with Crippen molar-refractivity contribution in [2.45, 2.75) is 205 Å². The Hall–Kier alpha value is -2.45. The Morgan fingerprint density at radius 1 is 0.704 bits per heavy atom.